The molecule has 0 amide bonds. The van der Waals surface area contributed by atoms with E-state index in [1.165, 1.54) is 25.7 Å². The number of rotatable bonds is 2. The zero-order valence-electron chi connectivity index (χ0n) is 12.0. The van der Waals surface area contributed by atoms with Crippen molar-refractivity contribution in [2.24, 2.45) is 23.7 Å². The van der Waals surface area contributed by atoms with Crippen LogP contribution in [0.5, 0.6) is 0 Å². The van der Waals surface area contributed by atoms with Crippen LogP contribution in [-0.2, 0) is 0 Å². The smallest absolute Gasteiger partial charge is 0.0729 e. The molecule has 0 unspecified atom stereocenters. The van der Waals surface area contributed by atoms with Crippen LogP contribution in [0.4, 0.5) is 0 Å². The lowest BCUT2D eigenvalue weighted by molar-refractivity contribution is -0.686. The van der Waals surface area contributed by atoms with E-state index in [0.717, 1.165) is 23.7 Å². The first-order valence-corrected chi connectivity index (χ1v) is 7.29. The average Bonchev–Trinajstić information content (AvgIpc) is 2.28. The summed E-state index contributed by atoms with van der Waals surface area (Å²) in [7, 11) is 4.12. The van der Waals surface area contributed by atoms with Gasteiger partial charge >= 0.3 is 0 Å². The Balaban J connectivity index is 2.29. The summed E-state index contributed by atoms with van der Waals surface area (Å²) in [6.07, 6.45) is 7.99. The van der Waals surface area contributed by atoms with Gasteiger partial charge in [-0.1, -0.05) is 25.5 Å². The molecule has 17 heavy (non-hydrogen) atoms. The minimum Gasteiger partial charge on any atom is -0.474 e. The molecule has 0 aromatic rings. The molecular weight excluding hydrogens is 206 g/mol. The number of allylic oxidation sites excluding steroid dienone is 2. The Morgan fingerprint density at radius 3 is 2.71 bits per heavy atom. The molecular formula is C16H29N. The van der Waals surface area contributed by atoms with Gasteiger partial charge in [-0.3, -0.25) is 0 Å². The Hall–Kier alpha value is -0.300. The molecule has 0 spiro atoms. The fourth-order valence-electron chi connectivity index (χ4n) is 4.18. The molecule has 2 N–H and O–H groups in total. The van der Waals surface area contributed by atoms with Crippen LogP contribution in [0.15, 0.2) is 11.6 Å². The Kier molecular flexibility index (Phi) is 3.68. The fraction of sp³-hybridized carbons (Fsp3) is 0.812. The van der Waals surface area contributed by atoms with E-state index in [1.54, 1.807) is 5.57 Å². The minimum absolute atomic E-state index is 0.382. The second kappa shape index (κ2) is 4.76. The molecule has 2 aliphatic carbocycles. The first kappa shape index (κ1) is 13.1. The van der Waals surface area contributed by atoms with E-state index in [2.05, 4.69) is 46.1 Å². The number of hydrogen-bond acceptors (Lipinski definition) is 0. The van der Waals surface area contributed by atoms with Gasteiger partial charge in [0.05, 0.1) is 5.54 Å². The van der Waals surface area contributed by atoms with Crippen molar-refractivity contribution in [2.45, 2.75) is 58.9 Å². The lowest BCUT2D eigenvalue weighted by Gasteiger charge is -2.51. The van der Waals surface area contributed by atoms with E-state index in [9.17, 15) is 0 Å². The van der Waals surface area contributed by atoms with E-state index in [0.29, 0.717) is 5.54 Å². The van der Waals surface area contributed by atoms with Gasteiger partial charge < -0.3 is 5.32 Å². The summed E-state index contributed by atoms with van der Waals surface area (Å²) in [4.78, 5) is 0. The molecule has 2 rings (SSSR count). The molecule has 0 heterocycles. The maximum atomic E-state index is 4.12. The summed E-state index contributed by atoms with van der Waals surface area (Å²) in [5, 5.41) is 2.25. The lowest BCUT2D eigenvalue weighted by Crippen LogP contribution is -2.93. The van der Waals surface area contributed by atoms with Crippen molar-refractivity contribution in [3.05, 3.63) is 18.7 Å². The third kappa shape index (κ3) is 2.31. The standard InChI is InChI=1S/C16H29N/c1-11(2)13-8-9-16(4,17-5)15-7-6-12(3)10-14(13)15/h10-11,13-15H,5-9,17H2,1-4H3/t13-,14+,15+,16-/m1/s1. The lowest BCUT2D eigenvalue weighted by atomic mass is 9.57. The Morgan fingerprint density at radius 1 is 1.41 bits per heavy atom. The summed E-state index contributed by atoms with van der Waals surface area (Å²) in [6, 6.07) is 0. The van der Waals surface area contributed by atoms with Gasteiger partial charge in [-0.25, -0.2) is 0 Å². The van der Waals surface area contributed by atoms with Gasteiger partial charge in [-0.15, -0.1) is 0 Å². The predicted octanol–water partition coefficient (Wildman–Crippen LogP) is 3.14. The zero-order valence-corrected chi connectivity index (χ0v) is 12.0. The molecule has 1 heteroatoms. The van der Waals surface area contributed by atoms with Crippen molar-refractivity contribution in [3.8, 4) is 0 Å². The van der Waals surface area contributed by atoms with Crippen LogP contribution < -0.4 is 5.32 Å². The van der Waals surface area contributed by atoms with Gasteiger partial charge in [0.25, 0.3) is 0 Å². The molecule has 0 aromatic carbocycles. The molecule has 4 atom stereocenters. The molecule has 0 bridgehead atoms. The van der Waals surface area contributed by atoms with Gasteiger partial charge in [0.2, 0.25) is 0 Å². The van der Waals surface area contributed by atoms with Crippen LogP contribution in [0.2, 0.25) is 0 Å². The van der Waals surface area contributed by atoms with E-state index in [1.807, 2.05) is 0 Å². The first-order valence-electron chi connectivity index (χ1n) is 7.29. The van der Waals surface area contributed by atoms with Crippen molar-refractivity contribution in [2.75, 3.05) is 0 Å². The first-order chi connectivity index (χ1) is 7.98. The third-order valence-electron chi connectivity index (χ3n) is 5.47. The predicted molar refractivity (Wildman–Crippen MR) is 73.2 cm³/mol. The quantitative estimate of drug-likeness (QED) is 0.559. The summed E-state index contributed by atoms with van der Waals surface area (Å²) >= 11 is 0. The van der Waals surface area contributed by atoms with Gasteiger partial charge in [-0.2, -0.15) is 7.05 Å². The maximum absolute atomic E-state index is 4.12. The molecule has 0 aromatic heterocycles. The van der Waals surface area contributed by atoms with E-state index < -0.39 is 0 Å². The van der Waals surface area contributed by atoms with Gasteiger partial charge in [0, 0.05) is 12.3 Å². The van der Waals surface area contributed by atoms with Crippen molar-refractivity contribution in [1.29, 1.82) is 0 Å². The highest BCUT2D eigenvalue weighted by Gasteiger charge is 2.47. The molecule has 0 radical (unpaired) electrons. The van der Waals surface area contributed by atoms with Crippen molar-refractivity contribution < 1.29 is 5.32 Å². The minimum atomic E-state index is 0.382. The largest absolute Gasteiger partial charge is 0.474 e. The summed E-state index contributed by atoms with van der Waals surface area (Å²) in [6.45, 7) is 9.54. The molecule has 0 saturated heterocycles. The zero-order chi connectivity index (χ0) is 12.6. The van der Waals surface area contributed by atoms with Crippen LogP contribution >= 0.6 is 0 Å². The van der Waals surface area contributed by atoms with E-state index in [4.69, 9.17) is 0 Å². The number of fused-ring (bicyclic) bond motifs is 1. The van der Waals surface area contributed by atoms with E-state index >= 15 is 0 Å². The van der Waals surface area contributed by atoms with Crippen molar-refractivity contribution in [3.63, 3.8) is 0 Å². The molecule has 98 valence electrons. The third-order valence-corrected chi connectivity index (χ3v) is 5.47. The van der Waals surface area contributed by atoms with Crippen LogP contribution in [0.3, 0.4) is 0 Å². The van der Waals surface area contributed by atoms with Crippen molar-refractivity contribution >= 4 is 0 Å². The topological polar surface area (TPSA) is 16.6 Å². The molecule has 1 saturated carbocycles. The number of hydrogen-bond donors (Lipinski definition) is 1. The van der Waals surface area contributed by atoms with Crippen LogP contribution in [0.25, 0.3) is 0 Å². The summed E-state index contributed by atoms with van der Waals surface area (Å²) < 4.78 is 0. The highest BCUT2D eigenvalue weighted by Crippen LogP contribution is 2.48. The normalized spacial score (nSPS) is 42.2. The maximum Gasteiger partial charge on any atom is 0.0729 e. The summed E-state index contributed by atoms with van der Waals surface area (Å²) in [5.41, 5.74) is 2.00. The molecule has 0 aliphatic heterocycles. The monoisotopic (exact) mass is 235 g/mol. The Bertz CT molecular complexity index is 305. The highest BCUT2D eigenvalue weighted by atomic mass is 14.9. The van der Waals surface area contributed by atoms with Gasteiger partial charge in [0.15, 0.2) is 0 Å². The fourth-order valence-corrected chi connectivity index (χ4v) is 4.18. The van der Waals surface area contributed by atoms with Gasteiger partial charge in [-0.05, 0) is 50.9 Å². The molecule has 1 nitrogen and oxygen atoms in total. The SMILES string of the molecule is [CH2-][NH2+][C@]1(C)CC[C@H](C(C)C)[C@@H]2C=C(C)CC[C@@H]21. The molecule has 2 aliphatic rings. The average molecular weight is 235 g/mol. The van der Waals surface area contributed by atoms with Gasteiger partial charge in [0.1, 0.15) is 0 Å². The van der Waals surface area contributed by atoms with Crippen LogP contribution in [-0.4, -0.2) is 5.54 Å². The number of quaternary nitrogens is 1. The van der Waals surface area contributed by atoms with Crippen molar-refractivity contribution in [1.82, 2.24) is 0 Å². The second-order valence-electron chi connectivity index (χ2n) is 6.89. The Morgan fingerprint density at radius 2 is 2.12 bits per heavy atom. The summed E-state index contributed by atoms with van der Waals surface area (Å²) in [5.74, 6) is 3.35. The Labute approximate surface area is 107 Å². The number of nitrogens with two attached hydrogens (primary N) is 1. The molecule has 1 fully saturated rings. The van der Waals surface area contributed by atoms with E-state index in [-0.39, 0.29) is 0 Å². The highest BCUT2D eigenvalue weighted by molar-refractivity contribution is 5.13. The van der Waals surface area contributed by atoms with Crippen LogP contribution in [0.1, 0.15) is 53.4 Å². The second-order valence-corrected chi connectivity index (χ2v) is 6.89. The van der Waals surface area contributed by atoms with Crippen LogP contribution in [0, 0.1) is 30.7 Å².